The highest BCUT2D eigenvalue weighted by molar-refractivity contribution is 9.10. The Morgan fingerprint density at radius 3 is 2.78 bits per heavy atom. The fourth-order valence-corrected chi connectivity index (χ4v) is 3.96. The van der Waals surface area contributed by atoms with Crippen LogP contribution in [0.1, 0.15) is 23.0 Å². The van der Waals surface area contributed by atoms with E-state index < -0.39 is 0 Å². The van der Waals surface area contributed by atoms with Gasteiger partial charge in [-0.3, -0.25) is 14.2 Å². The average molecular weight is 491 g/mol. The smallest absolute Gasteiger partial charge is 0.276 e. The zero-order valence-electron chi connectivity index (χ0n) is 17.2. The zero-order valence-corrected chi connectivity index (χ0v) is 18.8. The van der Waals surface area contributed by atoms with Gasteiger partial charge in [0.1, 0.15) is 5.69 Å². The van der Waals surface area contributed by atoms with Gasteiger partial charge in [0.25, 0.3) is 5.91 Å². The molecule has 5 rings (SSSR count). The molecule has 0 saturated heterocycles. The minimum absolute atomic E-state index is 0.272. The standard InChI is InChI=1S/C22H19BrN8O/c1-2-29-14-17(23)21(28-29)19-7-9-24-20-12-18(27-31(19)20)22(32)26-16-6-3-5-15(11-16)13-30-10-4-8-25-30/h3-12,14H,2,13H2,1H3,(H,26,32). The van der Waals surface area contributed by atoms with Gasteiger partial charge in [-0.25, -0.2) is 9.50 Å². The van der Waals surface area contributed by atoms with Crippen LogP contribution in [0.15, 0.2) is 71.7 Å². The summed E-state index contributed by atoms with van der Waals surface area (Å²) < 4.78 is 6.14. The molecule has 0 spiro atoms. The van der Waals surface area contributed by atoms with Crippen LogP contribution >= 0.6 is 15.9 Å². The number of nitrogens with one attached hydrogen (secondary N) is 1. The molecule has 0 radical (unpaired) electrons. The van der Waals surface area contributed by atoms with Crippen LogP contribution in [-0.2, 0) is 13.1 Å². The number of aryl methyl sites for hydroxylation is 1. The lowest BCUT2D eigenvalue weighted by Crippen LogP contribution is -2.13. The van der Waals surface area contributed by atoms with Crippen molar-refractivity contribution in [2.45, 2.75) is 20.0 Å². The third-order valence-corrected chi connectivity index (χ3v) is 5.54. The van der Waals surface area contributed by atoms with E-state index in [1.807, 2.05) is 65.1 Å². The fraction of sp³-hybridized carbons (Fsp3) is 0.136. The van der Waals surface area contributed by atoms with Crippen LogP contribution in [0.25, 0.3) is 17.0 Å². The van der Waals surface area contributed by atoms with Crippen LogP contribution in [0.5, 0.6) is 0 Å². The summed E-state index contributed by atoms with van der Waals surface area (Å²) in [6.45, 7) is 3.39. The van der Waals surface area contributed by atoms with Gasteiger partial charge in [-0.2, -0.15) is 15.3 Å². The molecule has 0 fully saturated rings. The Balaban J connectivity index is 1.42. The maximum absolute atomic E-state index is 12.9. The summed E-state index contributed by atoms with van der Waals surface area (Å²) in [7, 11) is 0. The normalized spacial score (nSPS) is 11.2. The number of halogens is 1. The fourth-order valence-electron chi connectivity index (χ4n) is 3.44. The summed E-state index contributed by atoms with van der Waals surface area (Å²) in [5.74, 6) is -0.309. The molecule has 1 aromatic carbocycles. The molecule has 32 heavy (non-hydrogen) atoms. The highest BCUT2D eigenvalue weighted by atomic mass is 79.9. The van der Waals surface area contributed by atoms with Crippen molar-refractivity contribution in [3.05, 3.63) is 83.0 Å². The van der Waals surface area contributed by atoms with Crippen molar-refractivity contribution in [3.63, 3.8) is 0 Å². The molecular weight excluding hydrogens is 472 g/mol. The predicted molar refractivity (Wildman–Crippen MR) is 123 cm³/mol. The molecular formula is C22H19BrN8O. The van der Waals surface area contributed by atoms with E-state index in [1.54, 1.807) is 23.0 Å². The molecule has 10 heteroatoms. The number of benzene rings is 1. The Bertz CT molecular complexity index is 1400. The van der Waals surface area contributed by atoms with Crippen molar-refractivity contribution in [2.24, 2.45) is 0 Å². The van der Waals surface area contributed by atoms with Crippen LogP contribution < -0.4 is 5.32 Å². The Morgan fingerprint density at radius 2 is 2.00 bits per heavy atom. The van der Waals surface area contributed by atoms with Gasteiger partial charge in [-0.1, -0.05) is 12.1 Å². The number of hydrogen-bond acceptors (Lipinski definition) is 5. The van der Waals surface area contributed by atoms with E-state index in [-0.39, 0.29) is 11.6 Å². The van der Waals surface area contributed by atoms with Gasteiger partial charge >= 0.3 is 0 Å². The summed E-state index contributed by atoms with van der Waals surface area (Å²) in [5.41, 5.74) is 4.04. The first-order valence-corrected chi connectivity index (χ1v) is 10.9. The molecule has 0 aliphatic rings. The second kappa shape index (κ2) is 8.39. The molecule has 0 aliphatic carbocycles. The molecule has 4 aromatic heterocycles. The van der Waals surface area contributed by atoms with E-state index in [9.17, 15) is 4.79 Å². The molecule has 0 saturated carbocycles. The van der Waals surface area contributed by atoms with E-state index in [0.717, 1.165) is 28.0 Å². The maximum atomic E-state index is 12.9. The van der Waals surface area contributed by atoms with E-state index in [0.29, 0.717) is 17.9 Å². The van der Waals surface area contributed by atoms with Gasteiger partial charge < -0.3 is 5.32 Å². The lowest BCUT2D eigenvalue weighted by molar-refractivity contribution is 0.102. The van der Waals surface area contributed by atoms with E-state index in [4.69, 9.17) is 0 Å². The quantitative estimate of drug-likeness (QED) is 0.389. The molecule has 4 heterocycles. The van der Waals surface area contributed by atoms with Gasteiger partial charge in [0, 0.05) is 43.1 Å². The first-order chi connectivity index (χ1) is 15.6. The largest absolute Gasteiger partial charge is 0.321 e. The van der Waals surface area contributed by atoms with Crippen LogP contribution in [-0.4, -0.2) is 40.1 Å². The number of anilines is 1. The van der Waals surface area contributed by atoms with Gasteiger partial charge in [0.2, 0.25) is 0 Å². The van der Waals surface area contributed by atoms with Crippen molar-refractivity contribution in [1.29, 1.82) is 0 Å². The van der Waals surface area contributed by atoms with Crippen molar-refractivity contribution in [3.8, 4) is 11.4 Å². The van der Waals surface area contributed by atoms with E-state index in [2.05, 4.69) is 41.5 Å². The van der Waals surface area contributed by atoms with Crippen molar-refractivity contribution < 1.29 is 4.79 Å². The zero-order chi connectivity index (χ0) is 22.1. The van der Waals surface area contributed by atoms with Crippen LogP contribution in [0, 0.1) is 0 Å². The highest BCUT2D eigenvalue weighted by Gasteiger charge is 2.17. The number of hydrogen-bond donors (Lipinski definition) is 1. The summed E-state index contributed by atoms with van der Waals surface area (Å²) in [5, 5.41) is 16.2. The number of rotatable bonds is 6. The number of fused-ring (bicyclic) bond motifs is 1. The molecule has 9 nitrogen and oxygen atoms in total. The van der Waals surface area contributed by atoms with Crippen molar-refractivity contribution >= 4 is 33.2 Å². The number of amides is 1. The summed E-state index contributed by atoms with van der Waals surface area (Å²) in [6, 6.07) is 13.0. The number of carbonyl (C=O) groups excluding carboxylic acids is 1. The van der Waals surface area contributed by atoms with Crippen LogP contribution in [0.3, 0.4) is 0 Å². The molecule has 1 N–H and O–H groups in total. The molecule has 0 unspecified atom stereocenters. The SMILES string of the molecule is CCn1cc(Br)c(-c2ccnc3cc(C(=O)Nc4cccc(Cn5cccn5)c4)nn23)n1. The lowest BCUT2D eigenvalue weighted by Gasteiger charge is -2.07. The first-order valence-electron chi connectivity index (χ1n) is 10.1. The Kier molecular flexibility index (Phi) is 5.28. The minimum Gasteiger partial charge on any atom is -0.321 e. The predicted octanol–water partition coefficient (Wildman–Crippen LogP) is 3.87. The minimum atomic E-state index is -0.309. The van der Waals surface area contributed by atoms with Gasteiger partial charge in [-0.05, 0) is 52.7 Å². The summed E-state index contributed by atoms with van der Waals surface area (Å²) >= 11 is 3.56. The third-order valence-electron chi connectivity index (χ3n) is 4.96. The molecule has 0 atom stereocenters. The van der Waals surface area contributed by atoms with Gasteiger partial charge in [-0.15, -0.1) is 0 Å². The van der Waals surface area contributed by atoms with Gasteiger partial charge in [0.05, 0.1) is 16.7 Å². The van der Waals surface area contributed by atoms with Gasteiger partial charge in [0.15, 0.2) is 11.3 Å². The summed E-state index contributed by atoms with van der Waals surface area (Å²) in [6.07, 6.45) is 7.23. The maximum Gasteiger partial charge on any atom is 0.276 e. The lowest BCUT2D eigenvalue weighted by atomic mass is 10.2. The Labute approximate surface area is 191 Å². The van der Waals surface area contributed by atoms with Crippen molar-refractivity contribution in [2.75, 3.05) is 5.32 Å². The highest BCUT2D eigenvalue weighted by Crippen LogP contribution is 2.27. The molecule has 5 aromatic rings. The third kappa shape index (κ3) is 3.92. The molecule has 160 valence electrons. The monoisotopic (exact) mass is 490 g/mol. The number of carbonyl (C=O) groups is 1. The first kappa shape index (κ1) is 20.1. The summed E-state index contributed by atoms with van der Waals surface area (Å²) in [4.78, 5) is 17.3. The topological polar surface area (TPSA) is 94.9 Å². The molecule has 0 bridgehead atoms. The molecule has 0 aliphatic heterocycles. The average Bonchev–Trinajstić information content (AvgIpc) is 3.53. The van der Waals surface area contributed by atoms with Crippen molar-refractivity contribution in [1.82, 2.24) is 34.2 Å². The Hall–Kier alpha value is -3.79. The Morgan fingerprint density at radius 1 is 1.09 bits per heavy atom. The van der Waals surface area contributed by atoms with E-state index in [1.165, 1.54) is 0 Å². The van der Waals surface area contributed by atoms with E-state index >= 15 is 0 Å². The second-order valence-corrected chi connectivity index (χ2v) is 8.02. The second-order valence-electron chi connectivity index (χ2n) is 7.17. The van der Waals surface area contributed by atoms with Crippen LogP contribution in [0.2, 0.25) is 0 Å². The number of nitrogens with zero attached hydrogens (tertiary/aromatic N) is 7. The van der Waals surface area contributed by atoms with Crippen LogP contribution in [0.4, 0.5) is 5.69 Å². The number of aromatic nitrogens is 7. The molecule has 1 amide bonds.